The third-order valence-electron chi connectivity index (χ3n) is 7.56. The molecule has 1 fully saturated rings. The van der Waals surface area contributed by atoms with Gasteiger partial charge in [-0.1, -0.05) is 0 Å². The normalized spacial score (nSPS) is 15.7. The average molecular weight is 519 g/mol. The summed E-state index contributed by atoms with van der Waals surface area (Å²) in [7, 11) is 3.57. The maximum absolute atomic E-state index is 13.8. The van der Waals surface area contributed by atoms with E-state index in [-0.39, 0.29) is 11.6 Å². The Hall–Kier alpha value is -3.92. The summed E-state index contributed by atoms with van der Waals surface area (Å²) in [4.78, 5) is 31.0. The number of ether oxygens (including phenoxy) is 1. The van der Waals surface area contributed by atoms with Crippen LogP contribution in [0.4, 0.5) is 17.2 Å². The molecule has 0 saturated carbocycles. The summed E-state index contributed by atoms with van der Waals surface area (Å²) in [5, 5.41) is 15.9. The summed E-state index contributed by atoms with van der Waals surface area (Å²) in [6, 6.07) is 14.0. The molecule has 38 heavy (non-hydrogen) atoms. The van der Waals surface area contributed by atoms with Crippen molar-refractivity contribution in [1.82, 2.24) is 14.7 Å². The lowest BCUT2D eigenvalue weighted by Crippen LogP contribution is -2.49. The van der Waals surface area contributed by atoms with E-state index in [0.717, 1.165) is 81.2 Å². The second-order valence-electron chi connectivity index (χ2n) is 9.87. The topological polar surface area (TPSA) is 97.0 Å². The molecule has 0 bridgehead atoms. The summed E-state index contributed by atoms with van der Waals surface area (Å²) in [6.45, 7) is 4.86. The number of amides is 1. The molecule has 2 aliphatic rings. The van der Waals surface area contributed by atoms with Gasteiger partial charge in [-0.05, 0) is 62.1 Å². The van der Waals surface area contributed by atoms with Crippen LogP contribution in [-0.2, 0) is 19.9 Å². The molecule has 0 spiro atoms. The number of non-ortho nitro benzene ring substituents is 1. The first-order valence-corrected chi connectivity index (χ1v) is 13.2. The molecule has 1 aliphatic carbocycles. The number of carbonyl (C=O) groups excluding carboxylic acids is 1. The average Bonchev–Trinajstić information content (AvgIpc) is 3.29. The second-order valence-corrected chi connectivity index (χ2v) is 9.87. The van der Waals surface area contributed by atoms with Gasteiger partial charge in [-0.25, -0.2) is 0 Å². The molecule has 200 valence electrons. The van der Waals surface area contributed by atoms with E-state index in [9.17, 15) is 14.9 Å². The Bertz CT molecular complexity index is 1280. The fraction of sp³-hybridized carbons (Fsp3) is 0.429. The van der Waals surface area contributed by atoms with Gasteiger partial charge in [0.25, 0.3) is 11.6 Å². The van der Waals surface area contributed by atoms with Gasteiger partial charge in [0.2, 0.25) is 0 Å². The van der Waals surface area contributed by atoms with Crippen molar-refractivity contribution in [2.24, 2.45) is 7.05 Å². The molecule has 1 aromatic heterocycles. The van der Waals surface area contributed by atoms with Crippen molar-refractivity contribution in [2.75, 3.05) is 56.2 Å². The van der Waals surface area contributed by atoms with E-state index < -0.39 is 4.92 Å². The number of nitro benzene ring substituents is 1. The molecule has 2 heterocycles. The summed E-state index contributed by atoms with van der Waals surface area (Å²) in [5.41, 5.74) is 3.81. The number of nitrogens with zero attached hydrogens (tertiary/aromatic N) is 6. The number of benzene rings is 2. The molecule has 1 aliphatic heterocycles. The zero-order valence-corrected chi connectivity index (χ0v) is 22.0. The highest BCUT2D eigenvalue weighted by molar-refractivity contribution is 6.06. The van der Waals surface area contributed by atoms with Gasteiger partial charge >= 0.3 is 0 Å². The summed E-state index contributed by atoms with van der Waals surface area (Å²) in [6.07, 6.45) is 4.02. The van der Waals surface area contributed by atoms with Crippen molar-refractivity contribution >= 4 is 23.1 Å². The first kappa shape index (κ1) is 25.7. The first-order valence-electron chi connectivity index (χ1n) is 13.2. The Morgan fingerprint density at radius 1 is 1.03 bits per heavy atom. The third-order valence-corrected chi connectivity index (χ3v) is 7.56. The summed E-state index contributed by atoms with van der Waals surface area (Å²) in [5.74, 6) is 1.54. The van der Waals surface area contributed by atoms with Crippen LogP contribution in [0.3, 0.4) is 0 Å². The second kappa shape index (κ2) is 11.2. The molecule has 5 rings (SSSR count). The minimum atomic E-state index is -0.449. The van der Waals surface area contributed by atoms with E-state index in [2.05, 4.69) is 21.9 Å². The Kier molecular flexibility index (Phi) is 7.59. The van der Waals surface area contributed by atoms with E-state index >= 15 is 0 Å². The van der Waals surface area contributed by atoms with Crippen LogP contribution in [0.25, 0.3) is 0 Å². The number of aromatic nitrogens is 2. The van der Waals surface area contributed by atoms with E-state index in [1.54, 1.807) is 19.2 Å². The van der Waals surface area contributed by atoms with Gasteiger partial charge < -0.3 is 9.64 Å². The first-order chi connectivity index (χ1) is 18.4. The van der Waals surface area contributed by atoms with Gasteiger partial charge in [-0.2, -0.15) is 5.10 Å². The van der Waals surface area contributed by atoms with Crippen molar-refractivity contribution in [2.45, 2.75) is 25.7 Å². The number of nitro groups is 1. The molecule has 0 radical (unpaired) electrons. The van der Waals surface area contributed by atoms with Gasteiger partial charge in [0.15, 0.2) is 0 Å². The SMILES string of the molecule is COc1ccc(N2CCN(CCN(C(=O)c3ccc([N+](=O)[O-])cc3)c3c4c(nn3C)CCCC4)CC2)cc1. The fourth-order valence-electron chi connectivity index (χ4n) is 5.45. The number of hydrogen-bond acceptors (Lipinski definition) is 7. The number of hydrogen-bond donors (Lipinski definition) is 0. The Morgan fingerprint density at radius 3 is 2.37 bits per heavy atom. The number of piperazine rings is 1. The summed E-state index contributed by atoms with van der Waals surface area (Å²) >= 11 is 0. The van der Waals surface area contributed by atoms with E-state index in [1.807, 2.05) is 28.8 Å². The summed E-state index contributed by atoms with van der Waals surface area (Å²) < 4.78 is 7.11. The van der Waals surface area contributed by atoms with Gasteiger partial charge in [-0.3, -0.25) is 29.4 Å². The minimum absolute atomic E-state index is 0.0271. The van der Waals surface area contributed by atoms with Crippen LogP contribution in [0.15, 0.2) is 48.5 Å². The minimum Gasteiger partial charge on any atom is -0.497 e. The molecule has 3 aromatic rings. The van der Waals surface area contributed by atoms with Crippen LogP contribution < -0.4 is 14.5 Å². The predicted molar refractivity (Wildman–Crippen MR) is 146 cm³/mol. The molecule has 0 N–H and O–H groups in total. The lowest BCUT2D eigenvalue weighted by Gasteiger charge is -2.37. The molecule has 10 nitrogen and oxygen atoms in total. The van der Waals surface area contributed by atoms with Crippen molar-refractivity contribution in [3.05, 3.63) is 75.5 Å². The van der Waals surface area contributed by atoms with Crippen LogP contribution in [0.2, 0.25) is 0 Å². The highest BCUT2D eigenvalue weighted by Gasteiger charge is 2.29. The number of carbonyl (C=O) groups is 1. The smallest absolute Gasteiger partial charge is 0.269 e. The zero-order chi connectivity index (χ0) is 26.6. The maximum Gasteiger partial charge on any atom is 0.269 e. The third kappa shape index (κ3) is 5.35. The molecule has 1 amide bonds. The number of anilines is 2. The fourth-order valence-corrected chi connectivity index (χ4v) is 5.45. The maximum atomic E-state index is 13.8. The van der Waals surface area contributed by atoms with E-state index in [0.29, 0.717) is 12.1 Å². The molecule has 1 saturated heterocycles. The lowest BCUT2D eigenvalue weighted by atomic mass is 9.97. The highest BCUT2D eigenvalue weighted by Crippen LogP contribution is 2.31. The number of methoxy groups -OCH3 is 1. The Labute approximate surface area is 222 Å². The van der Waals surface area contributed by atoms with Gasteiger partial charge in [0.1, 0.15) is 11.6 Å². The Balaban J connectivity index is 1.31. The molecule has 0 unspecified atom stereocenters. The van der Waals surface area contributed by atoms with E-state index in [4.69, 9.17) is 9.84 Å². The molecule has 0 atom stereocenters. The van der Waals surface area contributed by atoms with Crippen LogP contribution >= 0.6 is 0 Å². The number of fused-ring (bicyclic) bond motifs is 1. The van der Waals surface area contributed by atoms with Crippen LogP contribution in [0.1, 0.15) is 34.5 Å². The number of aryl methyl sites for hydroxylation is 2. The quantitative estimate of drug-likeness (QED) is 0.331. The van der Waals surface area contributed by atoms with E-state index in [1.165, 1.54) is 17.8 Å². The largest absolute Gasteiger partial charge is 0.497 e. The number of rotatable bonds is 8. The standard InChI is InChI=1S/C28H34N6O4/c1-30-27(25-5-3-4-6-26(25)29-30)33(28(35)21-7-9-23(10-8-21)34(36)37)20-17-31-15-18-32(19-16-31)22-11-13-24(38-2)14-12-22/h7-14H,3-6,15-20H2,1-2H3. The van der Waals surface area contributed by atoms with Crippen molar-refractivity contribution in [1.29, 1.82) is 0 Å². The predicted octanol–water partition coefficient (Wildman–Crippen LogP) is 3.68. The highest BCUT2D eigenvalue weighted by atomic mass is 16.6. The van der Waals surface area contributed by atoms with Gasteiger partial charge in [0, 0.05) is 75.3 Å². The molecular formula is C28H34N6O4. The van der Waals surface area contributed by atoms with Crippen molar-refractivity contribution < 1.29 is 14.5 Å². The molecule has 2 aromatic carbocycles. The van der Waals surface area contributed by atoms with Crippen LogP contribution in [0.5, 0.6) is 5.75 Å². The van der Waals surface area contributed by atoms with Gasteiger partial charge in [0.05, 0.1) is 17.7 Å². The molecular weight excluding hydrogens is 484 g/mol. The van der Waals surface area contributed by atoms with Crippen molar-refractivity contribution in [3.8, 4) is 5.75 Å². The Morgan fingerprint density at radius 2 is 1.71 bits per heavy atom. The van der Waals surface area contributed by atoms with Gasteiger partial charge in [-0.15, -0.1) is 0 Å². The molecule has 10 heteroatoms. The monoisotopic (exact) mass is 518 g/mol. The van der Waals surface area contributed by atoms with Crippen molar-refractivity contribution in [3.63, 3.8) is 0 Å². The zero-order valence-electron chi connectivity index (χ0n) is 22.0. The van der Waals surface area contributed by atoms with Crippen LogP contribution in [0, 0.1) is 10.1 Å². The van der Waals surface area contributed by atoms with Crippen LogP contribution in [-0.4, -0.2) is 71.9 Å². The lowest BCUT2D eigenvalue weighted by molar-refractivity contribution is -0.384.